The Morgan fingerprint density at radius 1 is 1.75 bits per heavy atom. The number of hydrazine groups is 1. The molecule has 1 N–H and O–H groups in total. The quantitative estimate of drug-likeness (QED) is 0.376. The molecular weight excluding hydrogens is 108 g/mol. The summed E-state index contributed by atoms with van der Waals surface area (Å²) in [4.78, 5) is 19.9. The first-order valence-corrected chi connectivity index (χ1v) is 2.12. The highest BCUT2D eigenvalue weighted by Gasteiger charge is 1.95. The molecule has 4 nitrogen and oxygen atoms in total. The van der Waals surface area contributed by atoms with Gasteiger partial charge in [0.1, 0.15) is 0 Å². The van der Waals surface area contributed by atoms with Crippen LogP contribution in [0, 0.1) is 0 Å². The number of nitrogens with one attached hydrogen (secondary N) is 1. The van der Waals surface area contributed by atoms with Crippen LogP contribution >= 0.6 is 0 Å². The smallest absolute Gasteiger partial charge is 0.237 e. The van der Waals surface area contributed by atoms with Crippen LogP contribution in [0.3, 0.4) is 0 Å². The predicted octanol–water partition coefficient (Wildman–Crippen LogP) is -0.874. The molecule has 0 aromatic heterocycles. The minimum absolute atomic E-state index is 0.197. The molecule has 0 aliphatic carbocycles. The number of carbonyl (C=O) groups excluding carboxylic acids is 2. The average Bonchev–Trinajstić information content (AvgIpc) is 1.67. The van der Waals surface area contributed by atoms with Crippen LogP contribution < -0.4 is 5.43 Å². The van der Waals surface area contributed by atoms with Crippen LogP contribution in [0.4, 0.5) is 0 Å². The van der Waals surface area contributed by atoms with Crippen molar-refractivity contribution in [2.75, 3.05) is 7.05 Å². The first kappa shape index (κ1) is 6.94. The van der Waals surface area contributed by atoms with Crippen LogP contribution in [0.15, 0.2) is 0 Å². The van der Waals surface area contributed by atoms with Crippen molar-refractivity contribution < 1.29 is 9.59 Å². The predicted molar refractivity (Wildman–Crippen MR) is 27.6 cm³/mol. The zero-order valence-electron chi connectivity index (χ0n) is 4.84. The topological polar surface area (TPSA) is 49.4 Å². The second kappa shape index (κ2) is 3.01. The van der Waals surface area contributed by atoms with Crippen molar-refractivity contribution in [1.82, 2.24) is 10.4 Å². The molecule has 8 heavy (non-hydrogen) atoms. The van der Waals surface area contributed by atoms with Gasteiger partial charge in [0, 0.05) is 14.0 Å². The lowest BCUT2D eigenvalue weighted by Gasteiger charge is -2.10. The van der Waals surface area contributed by atoms with Crippen molar-refractivity contribution in [1.29, 1.82) is 0 Å². The molecule has 0 atom stereocenters. The van der Waals surface area contributed by atoms with Gasteiger partial charge in [-0.1, -0.05) is 0 Å². The molecule has 0 rings (SSSR count). The highest BCUT2D eigenvalue weighted by Crippen LogP contribution is 1.70. The van der Waals surface area contributed by atoms with E-state index in [1.807, 2.05) is 0 Å². The molecule has 46 valence electrons. The third kappa shape index (κ3) is 2.17. The third-order valence-corrected chi connectivity index (χ3v) is 0.719. The normalized spacial score (nSPS) is 7.75. The molecule has 0 radical (unpaired) electrons. The zero-order chi connectivity index (χ0) is 6.57. The molecule has 4 heteroatoms. The minimum Gasteiger partial charge on any atom is -0.277 e. The van der Waals surface area contributed by atoms with Gasteiger partial charge in [-0.25, -0.2) is 0 Å². The summed E-state index contributed by atoms with van der Waals surface area (Å²) in [5.41, 5.74) is 2.15. The lowest BCUT2D eigenvalue weighted by molar-refractivity contribution is -0.133. The van der Waals surface area contributed by atoms with E-state index < -0.39 is 0 Å². The van der Waals surface area contributed by atoms with Crippen LogP contribution in [0.1, 0.15) is 6.92 Å². The van der Waals surface area contributed by atoms with Crippen molar-refractivity contribution in [3.63, 3.8) is 0 Å². The van der Waals surface area contributed by atoms with E-state index in [-0.39, 0.29) is 5.91 Å². The molecule has 0 spiro atoms. The second-order valence-corrected chi connectivity index (χ2v) is 1.32. The van der Waals surface area contributed by atoms with E-state index in [1.54, 1.807) is 0 Å². The van der Waals surface area contributed by atoms with Crippen LogP contribution in [0.2, 0.25) is 0 Å². The Bertz CT molecular complexity index is 102. The van der Waals surface area contributed by atoms with Gasteiger partial charge in [-0.2, -0.15) is 0 Å². The lowest BCUT2D eigenvalue weighted by Crippen LogP contribution is -2.36. The molecule has 0 aliphatic heterocycles. The Morgan fingerprint density at radius 2 is 2.25 bits per heavy atom. The van der Waals surface area contributed by atoms with E-state index >= 15 is 0 Å². The van der Waals surface area contributed by atoms with E-state index in [1.165, 1.54) is 14.0 Å². The molecule has 2 amide bonds. The second-order valence-electron chi connectivity index (χ2n) is 1.32. The number of rotatable bonds is 2. The van der Waals surface area contributed by atoms with Gasteiger partial charge < -0.3 is 0 Å². The molecule has 0 saturated heterocycles. The summed E-state index contributed by atoms with van der Waals surface area (Å²) in [6.45, 7) is 1.36. The van der Waals surface area contributed by atoms with E-state index in [0.29, 0.717) is 6.41 Å². The molecule has 0 aromatic rings. The van der Waals surface area contributed by atoms with Gasteiger partial charge in [-0.15, -0.1) is 0 Å². The minimum atomic E-state index is -0.197. The summed E-state index contributed by atoms with van der Waals surface area (Å²) in [5, 5.41) is 1.09. The lowest BCUT2D eigenvalue weighted by atomic mass is 10.7. The summed E-state index contributed by atoms with van der Waals surface area (Å²) in [5.74, 6) is -0.197. The Hall–Kier alpha value is -1.06. The van der Waals surface area contributed by atoms with Gasteiger partial charge in [-0.3, -0.25) is 20.0 Å². The largest absolute Gasteiger partial charge is 0.277 e. The monoisotopic (exact) mass is 116 g/mol. The summed E-state index contributed by atoms with van der Waals surface area (Å²) in [6, 6.07) is 0. The molecule has 0 aromatic carbocycles. The van der Waals surface area contributed by atoms with Gasteiger partial charge in [0.05, 0.1) is 0 Å². The number of carbonyl (C=O) groups is 2. The van der Waals surface area contributed by atoms with Gasteiger partial charge in [0.2, 0.25) is 12.3 Å². The molecule has 0 fully saturated rings. The maximum atomic E-state index is 10.2. The summed E-state index contributed by atoms with van der Waals surface area (Å²) in [6.07, 6.45) is 0.446. The Balaban J connectivity index is 3.46. The summed E-state index contributed by atoms with van der Waals surface area (Å²) >= 11 is 0. The number of hydrogen-bond donors (Lipinski definition) is 1. The van der Waals surface area contributed by atoms with E-state index in [0.717, 1.165) is 5.01 Å². The molecule has 0 heterocycles. The van der Waals surface area contributed by atoms with Crippen LogP contribution in [0.25, 0.3) is 0 Å². The van der Waals surface area contributed by atoms with E-state index in [2.05, 4.69) is 5.43 Å². The van der Waals surface area contributed by atoms with Crippen molar-refractivity contribution in [3.05, 3.63) is 0 Å². The van der Waals surface area contributed by atoms with Crippen molar-refractivity contribution >= 4 is 12.3 Å². The van der Waals surface area contributed by atoms with Crippen LogP contribution in [-0.2, 0) is 9.59 Å². The fourth-order valence-electron chi connectivity index (χ4n) is 0.170. The maximum absolute atomic E-state index is 10.2. The van der Waals surface area contributed by atoms with Crippen LogP contribution in [0.5, 0.6) is 0 Å². The summed E-state index contributed by atoms with van der Waals surface area (Å²) < 4.78 is 0. The highest BCUT2D eigenvalue weighted by atomic mass is 16.2. The van der Waals surface area contributed by atoms with Gasteiger partial charge in [0.15, 0.2) is 0 Å². The first-order valence-electron chi connectivity index (χ1n) is 2.12. The standard InChI is InChI=1S/C4H8N2O2/c1-4(8)6(2)5-3-7/h3H,1-2H3,(H,5,7). The number of nitrogens with zero attached hydrogens (tertiary/aromatic N) is 1. The van der Waals surface area contributed by atoms with Crippen molar-refractivity contribution in [2.45, 2.75) is 6.92 Å². The summed E-state index contributed by atoms with van der Waals surface area (Å²) in [7, 11) is 1.47. The molecule has 0 saturated carbocycles. The van der Waals surface area contributed by atoms with Gasteiger partial charge >= 0.3 is 0 Å². The van der Waals surface area contributed by atoms with E-state index in [4.69, 9.17) is 0 Å². The van der Waals surface area contributed by atoms with E-state index in [9.17, 15) is 9.59 Å². The molecule has 0 bridgehead atoms. The molecule has 0 aliphatic rings. The maximum Gasteiger partial charge on any atom is 0.237 e. The average molecular weight is 116 g/mol. The number of amides is 2. The first-order chi connectivity index (χ1) is 3.68. The fraction of sp³-hybridized carbons (Fsp3) is 0.500. The van der Waals surface area contributed by atoms with Crippen LogP contribution in [-0.4, -0.2) is 24.4 Å². The van der Waals surface area contributed by atoms with Gasteiger partial charge in [0.25, 0.3) is 0 Å². The number of hydrogen-bond acceptors (Lipinski definition) is 2. The fourth-order valence-corrected chi connectivity index (χ4v) is 0.170. The third-order valence-electron chi connectivity index (χ3n) is 0.719. The van der Waals surface area contributed by atoms with Crippen molar-refractivity contribution in [3.8, 4) is 0 Å². The SMILES string of the molecule is CC(=O)N(C)NC=O. The zero-order valence-corrected chi connectivity index (χ0v) is 4.84. The Kier molecular flexibility index (Phi) is 2.61. The Labute approximate surface area is 47.4 Å². The molecule has 0 unspecified atom stereocenters. The molecular formula is C4H8N2O2. The highest BCUT2D eigenvalue weighted by molar-refractivity contribution is 5.73. The van der Waals surface area contributed by atoms with Crippen molar-refractivity contribution in [2.24, 2.45) is 0 Å². The van der Waals surface area contributed by atoms with Gasteiger partial charge in [-0.05, 0) is 0 Å². The Morgan fingerprint density at radius 3 is 2.38 bits per heavy atom.